The summed E-state index contributed by atoms with van der Waals surface area (Å²) in [6, 6.07) is 17.9. The normalized spacial score (nSPS) is 12.5. The van der Waals surface area contributed by atoms with Gasteiger partial charge in [0.05, 0.1) is 29.9 Å². The summed E-state index contributed by atoms with van der Waals surface area (Å²) in [5.74, 6) is -3.76. The predicted molar refractivity (Wildman–Crippen MR) is 152 cm³/mol. The molecule has 0 bridgehead atoms. The summed E-state index contributed by atoms with van der Waals surface area (Å²) in [6.07, 6.45) is 0.741. The smallest absolute Gasteiger partial charge is 0.260 e. The summed E-state index contributed by atoms with van der Waals surface area (Å²) in [6.45, 7) is 1.21. The Labute approximate surface area is 244 Å². The highest BCUT2D eigenvalue weighted by Crippen LogP contribution is 2.39. The number of nitrogens with zero attached hydrogens (tertiary/aromatic N) is 4. The number of carbonyl (C=O) groups excluding carboxylic acids is 1. The van der Waals surface area contributed by atoms with Gasteiger partial charge in [-0.15, -0.1) is 0 Å². The molecule has 0 aliphatic carbocycles. The fourth-order valence-corrected chi connectivity index (χ4v) is 4.95. The summed E-state index contributed by atoms with van der Waals surface area (Å²) >= 11 is 1.43. The van der Waals surface area contributed by atoms with Gasteiger partial charge in [-0.3, -0.25) is 9.79 Å². The lowest BCUT2D eigenvalue weighted by Crippen LogP contribution is -2.24. The van der Waals surface area contributed by atoms with Crippen molar-refractivity contribution in [3.63, 3.8) is 0 Å². The van der Waals surface area contributed by atoms with Crippen molar-refractivity contribution in [2.75, 3.05) is 27.2 Å². The number of nitriles is 1. The number of aromatic nitrogens is 1. The van der Waals surface area contributed by atoms with Gasteiger partial charge in [-0.25, -0.2) is 9.37 Å². The monoisotopic (exact) mass is 587 g/mol. The van der Waals surface area contributed by atoms with Crippen LogP contribution in [-0.4, -0.2) is 53.9 Å². The minimum atomic E-state index is -1.24. The van der Waals surface area contributed by atoms with Crippen molar-refractivity contribution in [1.82, 2.24) is 15.2 Å². The number of halogens is 2. The number of benzene rings is 3. The fraction of sp³-hybridized carbons (Fsp3) is 0.133. The summed E-state index contributed by atoms with van der Waals surface area (Å²) < 4.78 is 41.6. The van der Waals surface area contributed by atoms with E-state index in [0.29, 0.717) is 30.1 Å². The van der Waals surface area contributed by atoms with E-state index in [0.717, 1.165) is 16.0 Å². The zero-order chi connectivity index (χ0) is 29.8. The average Bonchev–Trinajstić information content (AvgIpc) is 3.43. The van der Waals surface area contributed by atoms with E-state index in [-0.39, 0.29) is 28.7 Å². The number of phenols is 1. The molecular weight excluding hydrogens is 564 g/mol. The molecule has 212 valence electrons. The van der Waals surface area contributed by atoms with Crippen LogP contribution >= 0.6 is 11.8 Å². The molecule has 1 aliphatic rings. The number of carbonyl (C=O) groups is 1. The second-order valence-electron chi connectivity index (χ2n) is 9.04. The fourth-order valence-electron chi connectivity index (χ4n) is 4.09. The number of rotatable bonds is 8. The maximum Gasteiger partial charge on any atom is 0.260 e. The number of likely N-dealkylation sites (N-methyl/N-ethyl adjacent to an activating group) is 1. The maximum atomic E-state index is 15.5. The summed E-state index contributed by atoms with van der Waals surface area (Å²) in [4.78, 5) is 23.7. The molecule has 0 fully saturated rings. The molecule has 0 spiro atoms. The second kappa shape index (κ2) is 12.2. The molecule has 0 radical (unpaired) electrons. The van der Waals surface area contributed by atoms with Crippen molar-refractivity contribution >= 4 is 23.5 Å². The number of hydrogen-bond acceptors (Lipinski definition) is 9. The van der Waals surface area contributed by atoms with Gasteiger partial charge in [-0.1, -0.05) is 11.8 Å². The number of nitrogens with one attached hydrogen (secondary N) is 1. The zero-order valence-electron chi connectivity index (χ0n) is 22.4. The first-order valence-electron chi connectivity index (χ1n) is 12.6. The molecule has 2 heterocycles. The number of aromatic hydroxyl groups is 1. The highest BCUT2D eigenvalue weighted by atomic mass is 32.2. The number of aliphatic imine (C=N–C) groups is 1. The van der Waals surface area contributed by atoms with Crippen molar-refractivity contribution < 1.29 is 28.2 Å². The first-order chi connectivity index (χ1) is 20.3. The number of amidine groups is 1. The molecule has 4 aromatic rings. The number of ether oxygens (including phenoxy) is 2. The maximum absolute atomic E-state index is 15.5. The Balaban J connectivity index is 1.47. The Kier molecular flexibility index (Phi) is 8.21. The molecule has 0 atom stereocenters. The molecule has 3 aromatic carbocycles. The van der Waals surface area contributed by atoms with Crippen molar-refractivity contribution in [1.29, 1.82) is 5.26 Å². The standard InChI is InChI=1S/C30H23F2N5O4S/c1-34-29(39)18-4-6-19(7-5-18)42-20-8-10-24(21(14-20)28-35-11-12-37(28)2)40-27-22(31)16-36-30(26(27)32)41-25-13-17(15-33)3-9-23(25)38/h3-10,13-14,16,38H,11-12H2,1-2H3,(H,34,39). The predicted octanol–water partition coefficient (Wildman–Crippen LogP) is 5.72. The lowest BCUT2D eigenvalue weighted by atomic mass is 10.1. The minimum absolute atomic E-state index is 0.145. The first-order valence-corrected chi connectivity index (χ1v) is 13.4. The molecule has 12 heteroatoms. The quantitative estimate of drug-likeness (QED) is 0.269. The van der Waals surface area contributed by atoms with E-state index in [2.05, 4.69) is 15.3 Å². The van der Waals surface area contributed by atoms with Gasteiger partial charge in [0.15, 0.2) is 17.3 Å². The van der Waals surface area contributed by atoms with E-state index in [1.165, 1.54) is 30.0 Å². The summed E-state index contributed by atoms with van der Waals surface area (Å²) in [5, 5.41) is 21.8. The third kappa shape index (κ3) is 5.96. The Bertz CT molecular complexity index is 1740. The van der Waals surface area contributed by atoms with Crippen molar-refractivity contribution in [2.24, 2.45) is 4.99 Å². The second-order valence-corrected chi connectivity index (χ2v) is 10.2. The van der Waals surface area contributed by atoms with E-state index in [1.807, 2.05) is 36.2 Å². The van der Waals surface area contributed by atoms with Crippen LogP contribution in [0.5, 0.6) is 28.9 Å². The van der Waals surface area contributed by atoms with Gasteiger partial charge in [-0.05, 0) is 54.6 Å². The molecule has 5 rings (SSSR count). The Morgan fingerprint density at radius 2 is 1.83 bits per heavy atom. The molecular formula is C30H23F2N5O4S. The average molecular weight is 588 g/mol. The number of phenolic OH excluding ortho intramolecular Hbond substituents is 1. The summed E-state index contributed by atoms with van der Waals surface area (Å²) in [5.41, 5.74) is 1.21. The highest BCUT2D eigenvalue weighted by molar-refractivity contribution is 7.99. The number of pyridine rings is 1. The zero-order valence-corrected chi connectivity index (χ0v) is 23.2. The Morgan fingerprint density at radius 3 is 2.52 bits per heavy atom. The van der Waals surface area contributed by atoms with Crippen LogP contribution in [0, 0.1) is 23.0 Å². The van der Waals surface area contributed by atoms with Gasteiger partial charge in [0.2, 0.25) is 11.6 Å². The summed E-state index contributed by atoms with van der Waals surface area (Å²) in [7, 11) is 3.42. The van der Waals surface area contributed by atoms with E-state index < -0.39 is 23.3 Å². The molecule has 0 saturated heterocycles. The SMILES string of the molecule is CNC(=O)c1ccc(Sc2ccc(Oc3c(F)cnc(Oc4cc(C#N)ccc4O)c3F)c(C3=NCCN3C)c2)cc1. The van der Waals surface area contributed by atoms with Crippen molar-refractivity contribution in [3.8, 4) is 34.9 Å². The van der Waals surface area contributed by atoms with Crippen LogP contribution in [0.2, 0.25) is 0 Å². The van der Waals surface area contributed by atoms with Crippen molar-refractivity contribution in [3.05, 3.63) is 95.2 Å². The van der Waals surface area contributed by atoms with Crippen LogP contribution in [0.25, 0.3) is 0 Å². The number of hydrogen-bond donors (Lipinski definition) is 2. The van der Waals surface area contributed by atoms with Gasteiger partial charge < -0.3 is 24.8 Å². The van der Waals surface area contributed by atoms with Crippen LogP contribution in [0.1, 0.15) is 21.5 Å². The third-order valence-electron chi connectivity index (χ3n) is 6.24. The van der Waals surface area contributed by atoms with Crippen LogP contribution in [0.3, 0.4) is 0 Å². The molecule has 42 heavy (non-hydrogen) atoms. The third-order valence-corrected chi connectivity index (χ3v) is 7.23. The molecule has 0 unspecified atom stereocenters. The molecule has 1 aromatic heterocycles. The van der Waals surface area contributed by atoms with Crippen LogP contribution in [0.15, 0.2) is 81.6 Å². The van der Waals surface area contributed by atoms with E-state index in [1.54, 1.807) is 31.3 Å². The highest BCUT2D eigenvalue weighted by Gasteiger charge is 2.25. The number of amides is 1. The van der Waals surface area contributed by atoms with Crippen LogP contribution < -0.4 is 14.8 Å². The molecule has 1 amide bonds. The molecule has 0 saturated carbocycles. The Hall–Kier alpha value is -5.15. The first kappa shape index (κ1) is 28.4. The minimum Gasteiger partial charge on any atom is -0.504 e. The lowest BCUT2D eigenvalue weighted by molar-refractivity contribution is 0.0963. The van der Waals surface area contributed by atoms with Gasteiger partial charge in [0.25, 0.3) is 11.8 Å². The van der Waals surface area contributed by atoms with Gasteiger partial charge >= 0.3 is 0 Å². The van der Waals surface area contributed by atoms with Crippen LogP contribution in [0.4, 0.5) is 8.78 Å². The lowest BCUT2D eigenvalue weighted by Gasteiger charge is -2.19. The molecule has 1 aliphatic heterocycles. The molecule has 2 N–H and O–H groups in total. The van der Waals surface area contributed by atoms with E-state index in [9.17, 15) is 14.3 Å². The van der Waals surface area contributed by atoms with Crippen molar-refractivity contribution in [2.45, 2.75) is 9.79 Å². The van der Waals surface area contributed by atoms with Crippen LogP contribution in [-0.2, 0) is 0 Å². The van der Waals surface area contributed by atoms with E-state index in [4.69, 9.17) is 14.7 Å². The van der Waals surface area contributed by atoms with Gasteiger partial charge in [-0.2, -0.15) is 9.65 Å². The largest absolute Gasteiger partial charge is 0.504 e. The van der Waals surface area contributed by atoms with Gasteiger partial charge in [0.1, 0.15) is 11.6 Å². The van der Waals surface area contributed by atoms with Gasteiger partial charge in [0, 0.05) is 42.1 Å². The Morgan fingerprint density at radius 1 is 1.07 bits per heavy atom. The van der Waals surface area contributed by atoms with E-state index >= 15 is 4.39 Å². The molecule has 9 nitrogen and oxygen atoms in total. The topological polar surface area (TPSA) is 120 Å².